The fraction of sp³-hybridized carbons (Fsp3) is 0.375. The summed E-state index contributed by atoms with van der Waals surface area (Å²) < 4.78 is 0. The minimum atomic E-state index is 0.831. The largest absolute Gasteiger partial charge is 0.309 e. The molecule has 8 rings (SSSR count). The summed E-state index contributed by atoms with van der Waals surface area (Å²) in [4.78, 5) is 0. The van der Waals surface area contributed by atoms with Gasteiger partial charge >= 0.3 is 0 Å². The third kappa shape index (κ3) is 8.71. The number of rotatable bonds is 0. The van der Waals surface area contributed by atoms with Gasteiger partial charge in [-0.05, 0) is 142 Å². The Labute approximate surface area is 324 Å². The van der Waals surface area contributed by atoms with Crippen LogP contribution < -0.4 is 31.9 Å². The normalized spacial score (nSPS) is 16.1. The van der Waals surface area contributed by atoms with Crippen molar-refractivity contribution < 1.29 is 0 Å². The Hall–Kier alpha value is -4.14. The molecule has 0 fully saturated rings. The topological polar surface area (TPSA) is 72.2 Å². The highest BCUT2D eigenvalue weighted by Gasteiger charge is 2.19. The van der Waals surface area contributed by atoms with Crippen LogP contribution in [0.25, 0.3) is 0 Å². The van der Waals surface area contributed by atoms with Gasteiger partial charge in [0.05, 0.1) is 0 Å². The molecular formula is C48H60N6. The number of hydrogen-bond donors (Lipinski definition) is 6. The van der Waals surface area contributed by atoms with E-state index in [9.17, 15) is 0 Å². The Morgan fingerprint density at radius 3 is 0.593 bits per heavy atom. The van der Waals surface area contributed by atoms with Crippen molar-refractivity contribution in [3.05, 3.63) is 173 Å². The predicted octanol–water partition coefficient (Wildman–Crippen LogP) is 7.90. The molecule has 0 aliphatic carbocycles. The van der Waals surface area contributed by atoms with Crippen LogP contribution in [-0.2, 0) is 78.5 Å². The van der Waals surface area contributed by atoms with E-state index in [1.807, 2.05) is 0 Å². The summed E-state index contributed by atoms with van der Waals surface area (Å²) in [5.74, 6) is 0. The first-order valence-corrected chi connectivity index (χ1v) is 19.9. The summed E-state index contributed by atoms with van der Waals surface area (Å²) in [6, 6.07) is 27.2. The van der Waals surface area contributed by atoms with Crippen LogP contribution in [0.15, 0.2) is 72.8 Å². The Bertz CT molecular complexity index is 1700. The first kappa shape index (κ1) is 38.1. The summed E-state index contributed by atoms with van der Waals surface area (Å²) >= 11 is 0. The Morgan fingerprint density at radius 1 is 0.259 bits per heavy atom. The van der Waals surface area contributed by atoms with Crippen LogP contribution in [0, 0.1) is 41.5 Å². The third-order valence-corrected chi connectivity index (χ3v) is 12.2. The number of benzene rings is 5. The molecule has 0 aromatic heterocycles. The van der Waals surface area contributed by atoms with Crippen molar-refractivity contribution in [3.63, 3.8) is 0 Å². The molecular weight excluding hydrogens is 661 g/mol. The van der Waals surface area contributed by atoms with Crippen LogP contribution in [0.3, 0.4) is 0 Å². The minimum Gasteiger partial charge on any atom is -0.309 e. The second-order valence-corrected chi connectivity index (χ2v) is 15.7. The average Bonchev–Trinajstić information content (AvgIpc) is 3.16. The summed E-state index contributed by atoms with van der Waals surface area (Å²) in [6.45, 7) is 23.9. The summed E-state index contributed by atoms with van der Waals surface area (Å²) in [7, 11) is 0. The molecule has 12 bridgehead atoms. The number of hydrogen-bond acceptors (Lipinski definition) is 6. The zero-order valence-electron chi connectivity index (χ0n) is 33.4. The molecule has 54 heavy (non-hydrogen) atoms. The number of fused-ring (bicyclic) bond motifs is 12. The predicted molar refractivity (Wildman–Crippen MR) is 224 cm³/mol. The molecule has 6 N–H and O–H groups in total. The number of nitrogens with one attached hydrogen (secondary N) is 6. The van der Waals surface area contributed by atoms with Gasteiger partial charge in [0, 0.05) is 78.5 Å². The van der Waals surface area contributed by atoms with Gasteiger partial charge in [-0.1, -0.05) is 72.8 Å². The standard InChI is InChI=1S/C48H60N6/c1-31-43-25-49-19-37-10-7-12-39(16-37)22-52-28-46-34(4)47-29-53-23-40-13-8-11-38(17-40)20-50-26-44(31)33(3)45(32(43)2)27-51-21-41-14-9-15-42(18-41)24-54-30-48(35(46)5)36(47)6/h7-18,49-54H,19-30H2,1-6H3. The highest BCUT2D eigenvalue weighted by atomic mass is 14.9. The molecule has 0 spiro atoms. The molecule has 5 aromatic carbocycles. The lowest BCUT2D eigenvalue weighted by Gasteiger charge is -2.24. The fourth-order valence-corrected chi connectivity index (χ4v) is 8.91. The monoisotopic (exact) mass is 720 g/mol. The molecule has 3 aliphatic heterocycles. The van der Waals surface area contributed by atoms with Crippen LogP contribution in [-0.4, -0.2) is 0 Å². The van der Waals surface area contributed by atoms with E-state index in [2.05, 4.69) is 146 Å². The summed E-state index contributed by atoms with van der Waals surface area (Å²) in [5.41, 5.74) is 24.8. The molecule has 3 heterocycles. The molecule has 282 valence electrons. The molecule has 0 radical (unpaired) electrons. The maximum Gasteiger partial charge on any atom is 0.0214 e. The minimum absolute atomic E-state index is 0.831. The van der Waals surface area contributed by atoms with E-state index < -0.39 is 0 Å². The van der Waals surface area contributed by atoms with E-state index in [4.69, 9.17) is 0 Å². The van der Waals surface area contributed by atoms with Gasteiger partial charge in [-0.3, -0.25) is 0 Å². The van der Waals surface area contributed by atoms with Crippen molar-refractivity contribution in [1.29, 1.82) is 0 Å². The Morgan fingerprint density at radius 2 is 0.426 bits per heavy atom. The van der Waals surface area contributed by atoms with Crippen LogP contribution >= 0.6 is 0 Å². The van der Waals surface area contributed by atoms with Crippen molar-refractivity contribution in [3.8, 4) is 0 Å². The van der Waals surface area contributed by atoms with Gasteiger partial charge in [-0.2, -0.15) is 0 Å². The molecule has 0 atom stereocenters. The molecule has 0 saturated carbocycles. The lowest BCUT2D eigenvalue weighted by Crippen LogP contribution is -2.23. The molecule has 6 heteroatoms. The second kappa shape index (κ2) is 17.5. The maximum absolute atomic E-state index is 3.84. The van der Waals surface area contributed by atoms with Crippen molar-refractivity contribution >= 4 is 0 Å². The first-order valence-electron chi connectivity index (χ1n) is 19.9. The van der Waals surface area contributed by atoms with E-state index >= 15 is 0 Å². The second-order valence-electron chi connectivity index (χ2n) is 15.7. The third-order valence-electron chi connectivity index (χ3n) is 12.2. The van der Waals surface area contributed by atoms with Crippen LogP contribution in [0.2, 0.25) is 0 Å². The molecule has 3 aliphatic rings. The highest BCUT2D eigenvalue weighted by molar-refractivity contribution is 5.52. The van der Waals surface area contributed by atoms with Gasteiger partial charge in [0.2, 0.25) is 0 Å². The Balaban J connectivity index is 1.32. The van der Waals surface area contributed by atoms with Crippen molar-refractivity contribution in [2.45, 2.75) is 120 Å². The van der Waals surface area contributed by atoms with Crippen molar-refractivity contribution in [1.82, 2.24) is 31.9 Å². The lowest BCUT2D eigenvalue weighted by molar-refractivity contribution is 0.645. The van der Waals surface area contributed by atoms with Gasteiger partial charge in [-0.25, -0.2) is 0 Å². The zero-order chi connectivity index (χ0) is 37.6. The molecule has 0 unspecified atom stereocenters. The van der Waals surface area contributed by atoms with E-state index in [1.54, 1.807) is 0 Å². The van der Waals surface area contributed by atoms with Gasteiger partial charge in [-0.15, -0.1) is 0 Å². The quantitative estimate of drug-likeness (QED) is 0.0978. The van der Waals surface area contributed by atoms with Gasteiger partial charge in [0.25, 0.3) is 0 Å². The molecule has 0 saturated heterocycles. The van der Waals surface area contributed by atoms with E-state index in [-0.39, 0.29) is 0 Å². The maximum atomic E-state index is 3.84. The fourth-order valence-electron chi connectivity index (χ4n) is 8.91. The van der Waals surface area contributed by atoms with Crippen molar-refractivity contribution in [2.24, 2.45) is 0 Å². The van der Waals surface area contributed by atoms with E-state index in [0.717, 1.165) is 78.5 Å². The zero-order valence-corrected chi connectivity index (χ0v) is 33.4. The van der Waals surface area contributed by atoms with Crippen molar-refractivity contribution in [2.75, 3.05) is 0 Å². The van der Waals surface area contributed by atoms with E-state index in [1.165, 1.54) is 100 Å². The van der Waals surface area contributed by atoms with E-state index in [0.29, 0.717) is 0 Å². The van der Waals surface area contributed by atoms with Crippen LogP contribution in [0.4, 0.5) is 0 Å². The molecule has 0 amide bonds. The average molecular weight is 721 g/mol. The van der Waals surface area contributed by atoms with Gasteiger partial charge in [0.1, 0.15) is 0 Å². The molecule has 6 nitrogen and oxygen atoms in total. The smallest absolute Gasteiger partial charge is 0.0214 e. The van der Waals surface area contributed by atoms with Gasteiger partial charge in [0.15, 0.2) is 0 Å². The SMILES string of the molecule is Cc1c2c(C)c3c(C)c1CNCc1cccc(c1)CNCc1c(C)c(c(C)c(c1C)CNCc1cccc(c1)CNC3)CNCc1cccc(c1)CNC2. The Kier molecular flexibility index (Phi) is 12.4. The first-order chi connectivity index (χ1) is 26.3. The highest BCUT2D eigenvalue weighted by Crippen LogP contribution is 2.30. The van der Waals surface area contributed by atoms with Gasteiger partial charge < -0.3 is 31.9 Å². The molecule has 5 aromatic rings. The summed E-state index contributed by atoms with van der Waals surface area (Å²) in [5, 5.41) is 23.1. The van der Waals surface area contributed by atoms with Crippen LogP contribution in [0.1, 0.15) is 100 Å². The van der Waals surface area contributed by atoms with Crippen LogP contribution in [0.5, 0.6) is 0 Å². The lowest BCUT2D eigenvalue weighted by atomic mass is 9.87. The summed E-state index contributed by atoms with van der Waals surface area (Å²) in [6.07, 6.45) is 0.